The highest BCUT2D eigenvalue weighted by Gasteiger charge is 2.16. The fourth-order valence-corrected chi connectivity index (χ4v) is 4.07. The molecule has 1 unspecified atom stereocenters. The van der Waals surface area contributed by atoms with Crippen molar-refractivity contribution in [1.29, 1.82) is 0 Å². The lowest BCUT2D eigenvalue weighted by molar-refractivity contribution is 0.381. The van der Waals surface area contributed by atoms with Crippen LogP contribution in [0, 0.1) is 12.1 Å². The molecule has 0 amide bonds. The number of rotatable bonds is 19. The Hall–Kier alpha value is -0.790. The second kappa shape index (κ2) is 17.6. The Bertz CT molecular complexity index is 336. The molecule has 2 heteroatoms. The first kappa shape index (κ1) is 23.2. The van der Waals surface area contributed by atoms with Crippen molar-refractivity contribution in [3.05, 3.63) is 6.17 Å². The molecule has 0 aromatic heterocycles. The molecule has 0 aromatic rings. The van der Waals surface area contributed by atoms with Gasteiger partial charge in [-0.3, -0.25) is 0 Å². The van der Waals surface area contributed by atoms with Crippen molar-refractivity contribution >= 4 is 12.4 Å². The van der Waals surface area contributed by atoms with Gasteiger partial charge in [0.1, 0.15) is 0 Å². The zero-order valence-electron chi connectivity index (χ0n) is 17.9. The topological polar surface area (TPSA) is 24.7 Å². The molecule has 1 atom stereocenters. The van der Waals surface area contributed by atoms with Crippen LogP contribution in [0.3, 0.4) is 0 Å². The summed E-state index contributed by atoms with van der Waals surface area (Å²) in [6.07, 6.45) is 29.9. The molecular weight excluding hydrogens is 316 g/mol. The molecule has 1 aliphatic heterocycles. The van der Waals surface area contributed by atoms with Gasteiger partial charge < -0.3 is 0 Å². The molecular formula is C24H45N2+. The van der Waals surface area contributed by atoms with Crippen LogP contribution in [0.25, 0.3) is 0 Å². The highest BCUT2D eigenvalue weighted by atomic mass is 15.0. The number of hydrogen-bond donors (Lipinski definition) is 0. The predicted molar refractivity (Wildman–Crippen MR) is 118 cm³/mol. The molecule has 26 heavy (non-hydrogen) atoms. The first-order valence-corrected chi connectivity index (χ1v) is 11.8. The summed E-state index contributed by atoms with van der Waals surface area (Å²) >= 11 is 0. The zero-order valence-corrected chi connectivity index (χ0v) is 17.9. The van der Waals surface area contributed by atoms with Crippen LogP contribution in [-0.2, 0) is 0 Å². The van der Waals surface area contributed by atoms with Crippen molar-refractivity contribution in [3.8, 4) is 0 Å². The standard InChI is InChI=1S/C24H45N2/c1-3-5-6-7-8-9-10-11-12-13-14-15-18-23(17-4-2)19-16-20-24-25-21-22-26-24/h21-23H,3-20H2,1-2H3/q+1. The van der Waals surface area contributed by atoms with Gasteiger partial charge in [0.2, 0.25) is 6.17 Å². The van der Waals surface area contributed by atoms with Gasteiger partial charge in [-0.2, -0.15) is 0 Å². The maximum Gasteiger partial charge on any atom is 0.240 e. The number of hydrogen-bond acceptors (Lipinski definition) is 2. The van der Waals surface area contributed by atoms with Crippen LogP contribution in [0.1, 0.15) is 129 Å². The van der Waals surface area contributed by atoms with Gasteiger partial charge in [0, 0.05) is 0 Å². The highest BCUT2D eigenvalue weighted by molar-refractivity contribution is 6.18. The summed E-state index contributed by atoms with van der Waals surface area (Å²) in [5.41, 5.74) is 0. The normalized spacial score (nSPS) is 14.5. The van der Waals surface area contributed by atoms with Gasteiger partial charge in [-0.15, -0.1) is 0 Å². The Kier molecular flexibility index (Phi) is 15.8. The Labute approximate surface area is 164 Å². The number of aliphatic imine (C=N–C) groups is 2. The van der Waals surface area contributed by atoms with Crippen LogP contribution in [0.5, 0.6) is 0 Å². The van der Waals surface area contributed by atoms with E-state index in [1.165, 1.54) is 109 Å². The molecule has 1 aliphatic rings. The molecule has 0 spiro atoms. The average molecular weight is 362 g/mol. The summed E-state index contributed by atoms with van der Waals surface area (Å²) in [7, 11) is 0. The van der Waals surface area contributed by atoms with Gasteiger partial charge in [-0.25, -0.2) is 0 Å². The monoisotopic (exact) mass is 361 g/mol. The number of unbranched alkanes of at least 4 members (excludes halogenated alkanes) is 11. The van der Waals surface area contributed by atoms with E-state index in [9.17, 15) is 0 Å². The van der Waals surface area contributed by atoms with Crippen molar-refractivity contribution in [2.24, 2.45) is 15.9 Å². The molecule has 1 heterocycles. The lowest BCUT2D eigenvalue weighted by Gasteiger charge is -2.15. The zero-order chi connectivity index (χ0) is 18.7. The third-order valence-electron chi connectivity index (χ3n) is 5.69. The van der Waals surface area contributed by atoms with Gasteiger partial charge in [0.25, 0.3) is 0 Å². The molecule has 1 rings (SSSR count). The second-order valence-corrected chi connectivity index (χ2v) is 8.20. The highest BCUT2D eigenvalue weighted by Crippen LogP contribution is 2.25. The van der Waals surface area contributed by atoms with Gasteiger partial charge in [-0.1, -0.05) is 120 Å². The molecule has 0 radical (unpaired) electrons. The molecule has 0 aliphatic carbocycles. The average Bonchev–Trinajstić information content (AvgIpc) is 3.16. The first-order chi connectivity index (χ1) is 12.9. The van der Waals surface area contributed by atoms with Gasteiger partial charge in [0.05, 0.1) is 6.42 Å². The van der Waals surface area contributed by atoms with Crippen LogP contribution in [0.15, 0.2) is 9.98 Å². The van der Waals surface area contributed by atoms with Crippen LogP contribution in [0.2, 0.25) is 0 Å². The summed E-state index contributed by atoms with van der Waals surface area (Å²) in [4.78, 5) is 8.57. The van der Waals surface area contributed by atoms with E-state index in [1.54, 1.807) is 0 Å². The Morgan fingerprint density at radius 2 is 1.08 bits per heavy atom. The summed E-state index contributed by atoms with van der Waals surface area (Å²) in [6.45, 7) is 4.62. The van der Waals surface area contributed by atoms with Crippen molar-refractivity contribution in [3.63, 3.8) is 0 Å². The van der Waals surface area contributed by atoms with Crippen molar-refractivity contribution < 1.29 is 0 Å². The van der Waals surface area contributed by atoms with E-state index in [0.29, 0.717) is 0 Å². The van der Waals surface area contributed by atoms with Crippen molar-refractivity contribution in [2.45, 2.75) is 129 Å². The first-order valence-electron chi connectivity index (χ1n) is 11.8. The van der Waals surface area contributed by atoms with Gasteiger partial charge >= 0.3 is 0 Å². The third kappa shape index (κ3) is 13.4. The maximum atomic E-state index is 4.28. The predicted octanol–water partition coefficient (Wildman–Crippen LogP) is 8.31. The van der Waals surface area contributed by atoms with E-state index >= 15 is 0 Å². The van der Waals surface area contributed by atoms with Crippen molar-refractivity contribution in [1.82, 2.24) is 0 Å². The van der Waals surface area contributed by atoms with Gasteiger partial charge in [0.15, 0.2) is 12.4 Å². The van der Waals surface area contributed by atoms with Crippen LogP contribution in [-0.4, -0.2) is 12.4 Å². The smallest absolute Gasteiger partial charge is 0.0968 e. The third-order valence-corrected chi connectivity index (χ3v) is 5.69. The van der Waals surface area contributed by atoms with E-state index in [2.05, 4.69) is 23.8 Å². The van der Waals surface area contributed by atoms with Crippen molar-refractivity contribution in [2.75, 3.05) is 0 Å². The number of nitrogens with zero attached hydrogens (tertiary/aromatic N) is 2. The molecule has 150 valence electrons. The van der Waals surface area contributed by atoms with Crippen LogP contribution < -0.4 is 0 Å². The minimum Gasteiger partial charge on any atom is -0.0968 e. The molecule has 0 fully saturated rings. The molecule has 0 N–H and O–H groups in total. The van der Waals surface area contributed by atoms with E-state index < -0.39 is 0 Å². The van der Waals surface area contributed by atoms with E-state index in [4.69, 9.17) is 0 Å². The summed E-state index contributed by atoms with van der Waals surface area (Å²) in [5.74, 6) is 0.929. The molecule has 0 saturated heterocycles. The summed E-state index contributed by atoms with van der Waals surface area (Å²) in [6, 6.07) is 0. The lowest BCUT2D eigenvalue weighted by atomic mass is 9.91. The van der Waals surface area contributed by atoms with Gasteiger partial charge in [-0.05, 0) is 18.8 Å². The van der Waals surface area contributed by atoms with E-state index in [-0.39, 0.29) is 0 Å². The minimum absolute atomic E-state index is 0.929. The summed E-state index contributed by atoms with van der Waals surface area (Å²) in [5, 5.41) is 0. The van der Waals surface area contributed by atoms with Crippen LogP contribution >= 0.6 is 0 Å². The fraction of sp³-hybridized carbons (Fsp3) is 0.875. The fourth-order valence-electron chi connectivity index (χ4n) is 4.07. The Morgan fingerprint density at radius 3 is 1.62 bits per heavy atom. The summed E-state index contributed by atoms with van der Waals surface area (Å²) < 4.78 is 0. The molecule has 0 saturated carbocycles. The maximum absolute atomic E-state index is 4.28. The molecule has 0 aromatic carbocycles. The van der Waals surface area contributed by atoms with E-state index in [1.807, 2.05) is 12.4 Å². The Morgan fingerprint density at radius 1 is 0.577 bits per heavy atom. The molecule has 0 bridgehead atoms. The quantitative estimate of drug-likeness (QED) is 0.163. The Balaban J connectivity index is 1.88. The SMILES string of the molecule is CCCCCCCCCCCCCCC(CCC)CCC[C+]1N=CC=N1. The molecule has 2 nitrogen and oxygen atoms in total. The minimum atomic E-state index is 0.929. The lowest BCUT2D eigenvalue weighted by Crippen LogP contribution is -2.01. The largest absolute Gasteiger partial charge is 0.240 e. The second-order valence-electron chi connectivity index (χ2n) is 8.20. The van der Waals surface area contributed by atoms with Crippen LogP contribution in [0.4, 0.5) is 0 Å². The van der Waals surface area contributed by atoms with E-state index in [0.717, 1.165) is 18.5 Å².